The molecule has 29 heavy (non-hydrogen) atoms. The first kappa shape index (κ1) is 19.1. The van der Waals surface area contributed by atoms with Gasteiger partial charge in [-0.25, -0.2) is 4.98 Å². The normalized spacial score (nSPS) is 10.8. The van der Waals surface area contributed by atoms with E-state index >= 15 is 0 Å². The minimum absolute atomic E-state index is 0.221. The number of amides is 1. The van der Waals surface area contributed by atoms with Crippen molar-refractivity contribution in [2.24, 2.45) is 0 Å². The molecule has 0 radical (unpaired) electrons. The molecule has 0 saturated heterocycles. The molecular weight excluding hydrogens is 404 g/mol. The number of nitrogens with one attached hydrogen (secondary N) is 3. The summed E-state index contributed by atoms with van der Waals surface area (Å²) in [6, 6.07) is 18.3. The Labute approximate surface area is 175 Å². The highest BCUT2D eigenvalue weighted by atomic mass is 32.2. The molecule has 0 bridgehead atoms. The van der Waals surface area contributed by atoms with Gasteiger partial charge in [0.25, 0.3) is 11.5 Å². The standard InChI is InChI=1S/C21H16N4O2S2/c26-19(14-7-8-16-17(11-14)24-21(28)25-20(16)27)23-15-5-3-4-13(10-15)12-29-18-6-1-2-9-22-18/h1-11H,12H2,(H,23,26)(H2,24,25,27,28). The van der Waals surface area contributed by atoms with E-state index in [1.807, 2.05) is 42.5 Å². The molecule has 0 aliphatic rings. The van der Waals surface area contributed by atoms with Gasteiger partial charge < -0.3 is 10.3 Å². The van der Waals surface area contributed by atoms with E-state index in [0.717, 1.165) is 16.3 Å². The Morgan fingerprint density at radius 1 is 1.07 bits per heavy atom. The fourth-order valence-electron chi connectivity index (χ4n) is 2.84. The first-order valence-corrected chi connectivity index (χ1v) is 10.2. The molecule has 2 aromatic carbocycles. The largest absolute Gasteiger partial charge is 0.332 e. The van der Waals surface area contributed by atoms with Gasteiger partial charge in [0.15, 0.2) is 4.77 Å². The van der Waals surface area contributed by atoms with Crippen LogP contribution in [0.5, 0.6) is 0 Å². The lowest BCUT2D eigenvalue weighted by Gasteiger charge is -2.08. The number of aromatic nitrogens is 3. The van der Waals surface area contributed by atoms with Crippen molar-refractivity contribution in [2.75, 3.05) is 5.32 Å². The predicted octanol–water partition coefficient (Wildman–Crippen LogP) is 4.53. The molecule has 1 amide bonds. The van der Waals surface area contributed by atoms with Crippen LogP contribution in [-0.2, 0) is 5.75 Å². The second-order valence-corrected chi connectivity index (χ2v) is 7.68. The van der Waals surface area contributed by atoms with E-state index in [9.17, 15) is 9.59 Å². The molecule has 3 N–H and O–H groups in total. The van der Waals surface area contributed by atoms with Crippen LogP contribution in [0.3, 0.4) is 0 Å². The number of aromatic amines is 2. The first-order chi connectivity index (χ1) is 14.1. The SMILES string of the molecule is O=C(Nc1cccc(CSc2ccccn2)c1)c1ccc2c(=O)[nH]c(=S)[nH]c2c1. The van der Waals surface area contributed by atoms with Crippen molar-refractivity contribution >= 4 is 46.5 Å². The van der Waals surface area contributed by atoms with Crippen LogP contribution in [0.2, 0.25) is 0 Å². The predicted molar refractivity (Wildman–Crippen MR) is 118 cm³/mol. The Morgan fingerprint density at radius 2 is 1.97 bits per heavy atom. The highest BCUT2D eigenvalue weighted by molar-refractivity contribution is 7.98. The zero-order valence-corrected chi connectivity index (χ0v) is 16.8. The number of hydrogen-bond donors (Lipinski definition) is 3. The number of thioether (sulfide) groups is 1. The molecule has 144 valence electrons. The van der Waals surface area contributed by atoms with Crippen molar-refractivity contribution in [1.82, 2.24) is 15.0 Å². The summed E-state index contributed by atoms with van der Waals surface area (Å²) in [5.74, 6) is 0.483. The van der Waals surface area contributed by atoms with E-state index in [0.29, 0.717) is 22.2 Å². The molecule has 0 fully saturated rings. The minimum atomic E-state index is -0.284. The van der Waals surface area contributed by atoms with Crippen LogP contribution in [0.15, 0.2) is 76.7 Å². The smallest absolute Gasteiger partial charge is 0.259 e. The quantitative estimate of drug-likeness (QED) is 0.326. The van der Waals surface area contributed by atoms with Crippen LogP contribution in [-0.4, -0.2) is 20.9 Å². The molecule has 0 saturated carbocycles. The van der Waals surface area contributed by atoms with Crippen molar-refractivity contribution in [3.63, 3.8) is 0 Å². The van der Waals surface area contributed by atoms with E-state index in [1.165, 1.54) is 0 Å². The van der Waals surface area contributed by atoms with E-state index in [1.54, 1.807) is 36.2 Å². The number of anilines is 1. The van der Waals surface area contributed by atoms with Crippen LogP contribution >= 0.6 is 24.0 Å². The van der Waals surface area contributed by atoms with Crippen LogP contribution in [0.1, 0.15) is 15.9 Å². The summed E-state index contributed by atoms with van der Waals surface area (Å²) in [7, 11) is 0. The molecule has 0 aliphatic heterocycles. The second kappa shape index (κ2) is 8.42. The molecule has 2 heterocycles. The second-order valence-electron chi connectivity index (χ2n) is 6.28. The molecule has 8 heteroatoms. The maximum atomic E-state index is 12.7. The maximum Gasteiger partial charge on any atom is 0.259 e. The molecular formula is C21H16N4O2S2. The van der Waals surface area contributed by atoms with Gasteiger partial charge in [0, 0.05) is 23.2 Å². The van der Waals surface area contributed by atoms with Crippen LogP contribution in [0.25, 0.3) is 10.9 Å². The summed E-state index contributed by atoms with van der Waals surface area (Å²) < 4.78 is 0.221. The number of rotatable bonds is 5. The molecule has 0 atom stereocenters. The minimum Gasteiger partial charge on any atom is -0.332 e. The average Bonchev–Trinajstić information content (AvgIpc) is 2.73. The lowest BCUT2D eigenvalue weighted by Crippen LogP contribution is -2.13. The van der Waals surface area contributed by atoms with Gasteiger partial charge in [0.05, 0.1) is 15.9 Å². The summed E-state index contributed by atoms with van der Waals surface area (Å²) in [6.07, 6.45) is 1.77. The Balaban J connectivity index is 1.50. The van der Waals surface area contributed by atoms with Crippen molar-refractivity contribution in [3.05, 3.63) is 93.1 Å². The highest BCUT2D eigenvalue weighted by Crippen LogP contribution is 2.22. The number of benzene rings is 2. The number of carbonyl (C=O) groups is 1. The number of H-pyrrole nitrogens is 2. The monoisotopic (exact) mass is 420 g/mol. The number of nitrogens with zero attached hydrogens (tertiary/aromatic N) is 1. The van der Waals surface area contributed by atoms with E-state index in [-0.39, 0.29) is 16.2 Å². The number of fused-ring (bicyclic) bond motifs is 1. The summed E-state index contributed by atoms with van der Waals surface area (Å²) in [5, 5.41) is 4.30. The Hall–Kier alpha value is -3.23. The summed E-state index contributed by atoms with van der Waals surface area (Å²) in [6.45, 7) is 0. The molecule has 6 nitrogen and oxygen atoms in total. The lowest BCUT2D eigenvalue weighted by molar-refractivity contribution is 0.102. The maximum absolute atomic E-state index is 12.7. The lowest BCUT2D eigenvalue weighted by atomic mass is 10.1. The molecule has 0 unspecified atom stereocenters. The van der Waals surface area contributed by atoms with E-state index < -0.39 is 0 Å². The highest BCUT2D eigenvalue weighted by Gasteiger charge is 2.09. The van der Waals surface area contributed by atoms with Gasteiger partial charge in [0.1, 0.15) is 0 Å². The molecule has 0 spiro atoms. The van der Waals surface area contributed by atoms with Crippen molar-refractivity contribution in [2.45, 2.75) is 10.8 Å². The van der Waals surface area contributed by atoms with Gasteiger partial charge >= 0.3 is 0 Å². The van der Waals surface area contributed by atoms with Crippen LogP contribution in [0.4, 0.5) is 5.69 Å². The molecule has 4 rings (SSSR count). The zero-order chi connectivity index (χ0) is 20.2. The first-order valence-electron chi connectivity index (χ1n) is 8.79. The van der Waals surface area contributed by atoms with Gasteiger partial charge in [-0.3, -0.25) is 14.6 Å². The zero-order valence-electron chi connectivity index (χ0n) is 15.1. The van der Waals surface area contributed by atoms with Crippen LogP contribution in [0, 0.1) is 4.77 Å². The van der Waals surface area contributed by atoms with Gasteiger partial charge in [-0.1, -0.05) is 18.2 Å². The van der Waals surface area contributed by atoms with Gasteiger partial charge in [-0.2, -0.15) is 0 Å². The summed E-state index contributed by atoms with van der Waals surface area (Å²) >= 11 is 6.63. The molecule has 2 aromatic heterocycles. The molecule has 0 aliphatic carbocycles. The van der Waals surface area contributed by atoms with Gasteiger partial charge in [-0.15, -0.1) is 11.8 Å². The average molecular weight is 421 g/mol. The summed E-state index contributed by atoms with van der Waals surface area (Å²) in [5.41, 5.74) is 2.45. The fraction of sp³-hybridized carbons (Fsp3) is 0.0476. The third-order valence-electron chi connectivity index (χ3n) is 4.21. The Kier molecular flexibility index (Phi) is 5.55. The number of pyridine rings is 1. The van der Waals surface area contributed by atoms with Crippen molar-refractivity contribution < 1.29 is 4.79 Å². The fourth-order valence-corrected chi connectivity index (χ4v) is 3.85. The topological polar surface area (TPSA) is 90.6 Å². The van der Waals surface area contributed by atoms with Gasteiger partial charge in [0.2, 0.25) is 0 Å². The van der Waals surface area contributed by atoms with Crippen molar-refractivity contribution in [1.29, 1.82) is 0 Å². The Morgan fingerprint density at radius 3 is 2.79 bits per heavy atom. The van der Waals surface area contributed by atoms with Crippen molar-refractivity contribution in [3.8, 4) is 0 Å². The number of hydrogen-bond acceptors (Lipinski definition) is 5. The third kappa shape index (κ3) is 4.61. The number of carbonyl (C=O) groups excluding carboxylic acids is 1. The summed E-state index contributed by atoms with van der Waals surface area (Å²) in [4.78, 5) is 34.3. The van der Waals surface area contributed by atoms with Crippen LogP contribution < -0.4 is 10.9 Å². The van der Waals surface area contributed by atoms with Gasteiger partial charge in [-0.05, 0) is 60.2 Å². The Bertz CT molecular complexity index is 1300. The van der Waals surface area contributed by atoms with E-state index in [2.05, 4.69) is 20.3 Å². The third-order valence-corrected chi connectivity index (χ3v) is 5.43. The molecule has 4 aromatic rings. The van der Waals surface area contributed by atoms with E-state index in [4.69, 9.17) is 12.2 Å².